The van der Waals surface area contributed by atoms with Crippen molar-refractivity contribution in [2.24, 2.45) is 0 Å². The zero-order chi connectivity index (χ0) is 12.8. The molecule has 0 heterocycles. The standard InChI is InChI=1S/C14H25BrO2/c1-2-3-4-10-13-17-14(16)11-8-6-5-7-9-12-15/h4,10H,2-3,5-9,11-13H2,1H3. The van der Waals surface area contributed by atoms with Crippen molar-refractivity contribution in [2.45, 2.75) is 58.3 Å². The number of ether oxygens (including phenoxy) is 1. The largest absolute Gasteiger partial charge is 0.461 e. The van der Waals surface area contributed by atoms with Crippen molar-refractivity contribution in [2.75, 3.05) is 11.9 Å². The van der Waals surface area contributed by atoms with Gasteiger partial charge in [-0.05, 0) is 19.3 Å². The lowest BCUT2D eigenvalue weighted by Crippen LogP contribution is -2.03. The second-order valence-electron chi connectivity index (χ2n) is 4.15. The fourth-order valence-electron chi connectivity index (χ4n) is 1.46. The van der Waals surface area contributed by atoms with Crippen molar-refractivity contribution >= 4 is 21.9 Å². The van der Waals surface area contributed by atoms with Crippen LogP contribution in [0.5, 0.6) is 0 Å². The molecule has 0 rings (SSSR count). The molecule has 0 saturated heterocycles. The van der Waals surface area contributed by atoms with Crippen molar-refractivity contribution in [1.29, 1.82) is 0 Å². The van der Waals surface area contributed by atoms with Gasteiger partial charge in [-0.2, -0.15) is 0 Å². The smallest absolute Gasteiger partial charge is 0.306 e. The summed E-state index contributed by atoms with van der Waals surface area (Å²) in [4.78, 5) is 11.3. The van der Waals surface area contributed by atoms with Gasteiger partial charge < -0.3 is 4.74 Å². The first-order chi connectivity index (χ1) is 8.31. The monoisotopic (exact) mass is 304 g/mol. The molecule has 100 valence electrons. The Morgan fingerprint density at radius 1 is 1.12 bits per heavy atom. The fraction of sp³-hybridized carbons (Fsp3) is 0.786. The summed E-state index contributed by atoms with van der Waals surface area (Å²) in [6, 6.07) is 0. The second-order valence-corrected chi connectivity index (χ2v) is 4.94. The molecule has 0 amide bonds. The maximum atomic E-state index is 11.3. The van der Waals surface area contributed by atoms with Crippen LogP contribution in [0.25, 0.3) is 0 Å². The predicted molar refractivity (Wildman–Crippen MR) is 76.5 cm³/mol. The van der Waals surface area contributed by atoms with Gasteiger partial charge in [0.05, 0.1) is 0 Å². The summed E-state index contributed by atoms with van der Waals surface area (Å²) in [6.07, 6.45) is 12.5. The van der Waals surface area contributed by atoms with Crippen LogP contribution >= 0.6 is 15.9 Å². The highest BCUT2D eigenvalue weighted by Crippen LogP contribution is 2.07. The molecule has 0 aromatic heterocycles. The van der Waals surface area contributed by atoms with E-state index in [1.54, 1.807) is 0 Å². The molecule has 2 nitrogen and oxygen atoms in total. The Hall–Kier alpha value is -0.310. The Bertz CT molecular complexity index is 202. The van der Waals surface area contributed by atoms with E-state index in [2.05, 4.69) is 28.9 Å². The molecule has 0 spiro atoms. The Morgan fingerprint density at radius 2 is 1.82 bits per heavy atom. The maximum absolute atomic E-state index is 11.3. The lowest BCUT2D eigenvalue weighted by atomic mass is 10.1. The van der Waals surface area contributed by atoms with Crippen molar-refractivity contribution < 1.29 is 9.53 Å². The lowest BCUT2D eigenvalue weighted by molar-refractivity contribution is -0.142. The van der Waals surface area contributed by atoms with Crippen molar-refractivity contribution in [3.63, 3.8) is 0 Å². The number of carbonyl (C=O) groups is 1. The number of alkyl halides is 1. The third-order valence-corrected chi connectivity index (χ3v) is 3.04. The van der Waals surface area contributed by atoms with E-state index in [9.17, 15) is 4.79 Å². The molecule has 0 aliphatic heterocycles. The Morgan fingerprint density at radius 3 is 2.53 bits per heavy atom. The van der Waals surface area contributed by atoms with Crippen LogP contribution in [0.1, 0.15) is 58.3 Å². The van der Waals surface area contributed by atoms with Gasteiger partial charge in [-0.25, -0.2) is 0 Å². The van der Waals surface area contributed by atoms with Crippen LogP contribution in [0, 0.1) is 0 Å². The quantitative estimate of drug-likeness (QED) is 0.241. The van der Waals surface area contributed by atoms with Gasteiger partial charge in [-0.3, -0.25) is 4.79 Å². The molecule has 17 heavy (non-hydrogen) atoms. The number of hydrogen-bond acceptors (Lipinski definition) is 2. The van der Waals surface area contributed by atoms with Crippen LogP contribution < -0.4 is 0 Å². The maximum Gasteiger partial charge on any atom is 0.306 e. The molecular weight excluding hydrogens is 280 g/mol. The van der Waals surface area contributed by atoms with Gasteiger partial charge >= 0.3 is 5.97 Å². The van der Waals surface area contributed by atoms with Gasteiger partial charge in [-0.1, -0.05) is 60.7 Å². The van der Waals surface area contributed by atoms with Crippen LogP contribution in [0.3, 0.4) is 0 Å². The van der Waals surface area contributed by atoms with E-state index in [0.717, 1.165) is 31.0 Å². The summed E-state index contributed by atoms with van der Waals surface area (Å²) < 4.78 is 5.08. The van der Waals surface area contributed by atoms with Gasteiger partial charge in [0.25, 0.3) is 0 Å². The second kappa shape index (κ2) is 13.8. The first-order valence-electron chi connectivity index (χ1n) is 6.67. The van der Waals surface area contributed by atoms with Crippen molar-refractivity contribution in [1.82, 2.24) is 0 Å². The Balaban J connectivity index is 3.23. The van der Waals surface area contributed by atoms with Crippen LogP contribution in [0.4, 0.5) is 0 Å². The molecule has 0 radical (unpaired) electrons. The summed E-state index contributed by atoms with van der Waals surface area (Å²) in [6.45, 7) is 2.56. The van der Waals surface area contributed by atoms with E-state index in [4.69, 9.17) is 4.74 Å². The van der Waals surface area contributed by atoms with E-state index >= 15 is 0 Å². The molecule has 0 N–H and O–H groups in total. The Labute approximate surface area is 114 Å². The molecule has 0 aliphatic rings. The van der Waals surface area contributed by atoms with Crippen LogP contribution in [0.15, 0.2) is 12.2 Å². The summed E-state index contributed by atoms with van der Waals surface area (Å²) >= 11 is 3.41. The number of esters is 1. The minimum absolute atomic E-state index is 0.0633. The number of halogens is 1. The van der Waals surface area contributed by atoms with Gasteiger partial charge in [-0.15, -0.1) is 0 Å². The Kier molecular flexibility index (Phi) is 13.5. The molecule has 0 unspecified atom stereocenters. The molecule has 0 aromatic rings. The fourth-order valence-corrected chi connectivity index (χ4v) is 1.86. The minimum Gasteiger partial charge on any atom is -0.461 e. The summed E-state index contributed by atoms with van der Waals surface area (Å²) in [5, 5.41) is 1.08. The average molecular weight is 305 g/mol. The summed E-state index contributed by atoms with van der Waals surface area (Å²) in [5.41, 5.74) is 0. The normalized spacial score (nSPS) is 10.9. The molecule has 0 bridgehead atoms. The first-order valence-corrected chi connectivity index (χ1v) is 7.80. The zero-order valence-electron chi connectivity index (χ0n) is 10.9. The molecule has 0 fully saturated rings. The van der Waals surface area contributed by atoms with Crippen LogP contribution in [-0.4, -0.2) is 17.9 Å². The third kappa shape index (κ3) is 13.6. The van der Waals surface area contributed by atoms with Gasteiger partial charge in [0, 0.05) is 11.8 Å². The molecule has 0 saturated carbocycles. The highest BCUT2D eigenvalue weighted by Gasteiger charge is 2.00. The number of rotatable bonds is 11. The molecule has 3 heteroatoms. The van der Waals surface area contributed by atoms with Gasteiger partial charge in [0.2, 0.25) is 0 Å². The summed E-state index contributed by atoms with van der Waals surface area (Å²) in [5.74, 6) is -0.0633. The molecule has 0 aliphatic carbocycles. The minimum atomic E-state index is -0.0633. The lowest BCUT2D eigenvalue weighted by Gasteiger charge is -2.02. The third-order valence-electron chi connectivity index (χ3n) is 2.48. The number of hydrogen-bond donors (Lipinski definition) is 0. The molecule has 0 atom stereocenters. The van der Waals surface area contributed by atoms with Gasteiger partial charge in [0.1, 0.15) is 6.61 Å². The number of allylic oxidation sites excluding steroid dienone is 1. The van der Waals surface area contributed by atoms with E-state index in [1.807, 2.05) is 6.08 Å². The summed E-state index contributed by atoms with van der Waals surface area (Å²) in [7, 11) is 0. The SMILES string of the molecule is CCCC=CCOC(=O)CCCCCCCBr. The van der Waals surface area contributed by atoms with E-state index in [0.29, 0.717) is 13.0 Å². The molecular formula is C14H25BrO2. The van der Waals surface area contributed by atoms with Gasteiger partial charge in [0.15, 0.2) is 0 Å². The van der Waals surface area contributed by atoms with Crippen molar-refractivity contribution in [3.05, 3.63) is 12.2 Å². The number of unbranched alkanes of at least 4 members (excludes halogenated alkanes) is 5. The van der Waals surface area contributed by atoms with E-state index in [-0.39, 0.29) is 5.97 Å². The highest BCUT2D eigenvalue weighted by atomic mass is 79.9. The topological polar surface area (TPSA) is 26.3 Å². The zero-order valence-corrected chi connectivity index (χ0v) is 12.5. The predicted octanol–water partition coefficient (Wildman–Crippen LogP) is 4.62. The van der Waals surface area contributed by atoms with Crippen LogP contribution in [0.2, 0.25) is 0 Å². The van der Waals surface area contributed by atoms with Crippen LogP contribution in [-0.2, 0) is 9.53 Å². The average Bonchev–Trinajstić information content (AvgIpc) is 2.33. The van der Waals surface area contributed by atoms with E-state index in [1.165, 1.54) is 19.3 Å². The van der Waals surface area contributed by atoms with Crippen molar-refractivity contribution in [3.8, 4) is 0 Å². The van der Waals surface area contributed by atoms with E-state index < -0.39 is 0 Å². The first kappa shape index (κ1) is 16.7. The molecule has 0 aromatic carbocycles. The highest BCUT2D eigenvalue weighted by molar-refractivity contribution is 9.09. The number of carbonyl (C=O) groups excluding carboxylic acids is 1.